The maximum atomic E-state index is 13.6. The van der Waals surface area contributed by atoms with Gasteiger partial charge in [-0.15, -0.1) is 0 Å². The van der Waals surface area contributed by atoms with Crippen molar-refractivity contribution >= 4 is 17.4 Å². The van der Waals surface area contributed by atoms with Gasteiger partial charge in [-0.3, -0.25) is 9.48 Å². The van der Waals surface area contributed by atoms with Crippen LogP contribution < -0.4 is 11.1 Å². The number of amides is 1. The minimum atomic E-state index is -1.08. The van der Waals surface area contributed by atoms with E-state index in [1.807, 2.05) is 0 Å². The molecular weight excluding hydrogens is 242 g/mol. The fraction of sp³-hybridized carbons (Fsp3) is 0.0909. The van der Waals surface area contributed by atoms with E-state index in [9.17, 15) is 13.6 Å². The zero-order valence-electron chi connectivity index (χ0n) is 9.45. The van der Waals surface area contributed by atoms with Crippen LogP contribution in [0, 0.1) is 11.6 Å². The maximum Gasteiger partial charge on any atom is 0.262 e. The summed E-state index contributed by atoms with van der Waals surface area (Å²) < 4.78 is 28.4. The SMILES string of the molecule is Cn1ccc(NC(=O)c2c(F)ccc(N)c2F)n1. The van der Waals surface area contributed by atoms with Gasteiger partial charge in [0, 0.05) is 19.3 Å². The highest BCUT2D eigenvalue weighted by molar-refractivity contribution is 6.04. The van der Waals surface area contributed by atoms with Crippen molar-refractivity contribution in [1.29, 1.82) is 0 Å². The number of nitrogen functional groups attached to an aromatic ring is 1. The Hall–Kier alpha value is -2.44. The standard InChI is InChI=1S/C11H10F2N4O/c1-17-5-4-8(16-17)15-11(18)9-6(12)2-3-7(14)10(9)13/h2-5H,14H2,1H3,(H,15,16,18). The van der Waals surface area contributed by atoms with Crippen LogP contribution >= 0.6 is 0 Å². The summed E-state index contributed by atoms with van der Waals surface area (Å²) in [5.74, 6) is -2.79. The monoisotopic (exact) mass is 252 g/mol. The van der Waals surface area contributed by atoms with Gasteiger partial charge in [0.15, 0.2) is 11.6 Å². The number of carbonyl (C=O) groups excluding carboxylic acids is 1. The van der Waals surface area contributed by atoms with Crippen molar-refractivity contribution in [2.24, 2.45) is 7.05 Å². The number of halogens is 2. The Morgan fingerprint density at radius 2 is 2.11 bits per heavy atom. The molecule has 0 radical (unpaired) electrons. The van der Waals surface area contributed by atoms with Crippen LogP contribution in [0.3, 0.4) is 0 Å². The summed E-state index contributed by atoms with van der Waals surface area (Å²) in [6, 6.07) is 3.49. The Morgan fingerprint density at radius 1 is 1.39 bits per heavy atom. The predicted octanol–water partition coefficient (Wildman–Crippen LogP) is 1.53. The fourth-order valence-corrected chi connectivity index (χ4v) is 1.44. The van der Waals surface area contributed by atoms with Crippen LogP contribution in [0.5, 0.6) is 0 Å². The number of benzene rings is 1. The van der Waals surface area contributed by atoms with E-state index in [1.54, 1.807) is 13.2 Å². The molecule has 1 aromatic heterocycles. The quantitative estimate of drug-likeness (QED) is 0.796. The lowest BCUT2D eigenvalue weighted by molar-refractivity contribution is 0.101. The Balaban J connectivity index is 2.32. The maximum absolute atomic E-state index is 13.6. The molecule has 0 spiro atoms. The van der Waals surface area contributed by atoms with Gasteiger partial charge in [-0.1, -0.05) is 0 Å². The average molecular weight is 252 g/mol. The highest BCUT2D eigenvalue weighted by Gasteiger charge is 2.20. The lowest BCUT2D eigenvalue weighted by atomic mass is 10.1. The van der Waals surface area contributed by atoms with Gasteiger partial charge in [0.05, 0.1) is 5.69 Å². The molecule has 0 saturated heterocycles. The van der Waals surface area contributed by atoms with Crippen LogP contribution in [-0.2, 0) is 7.05 Å². The Labute approximate surface area is 101 Å². The number of aryl methyl sites for hydroxylation is 1. The van der Waals surface area contributed by atoms with E-state index in [2.05, 4.69) is 10.4 Å². The van der Waals surface area contributed by atoms with Crippen molar-refractivity contribution in [3.05, 3.63) is 41.6 Å². The second-order valence-electron chi connectivity index (χ2n) is 3.65. The molecule has 0 aliphatic heterocycles. The van der Waals surface area contributed by atoms with E-state index in [0.29, 0.717) is 0 Å². The number of hydrogen-bond donors (Lipinski definition) is 2. The topological polar surface area (TPSA) is 72.9 Å². The molecule has 0 atom stereocenters. The molecule has 0 unspecified atom stereocenters. The van der Waals surface area contributed by atoms with E-state index in [4.69, 9.17) is 5.73 Å². The number of carbonyl (C=O) groups is 1. The lowest BCUT2D eigenvalue weighted by Gasteiger charge is -2.06. The van der Waals surface area contributed by atoms with Crippen molar-refractivity contribution < 1.29 is 13.6 Å². The molecular formula is C11H10F2N4O. The van der Waals surface area contributed by atoms with Gasteiger partial charge in [0.2, 0.25) is 0 Å². The summed E-state index contributed by atoms with van der Waals surface area (Å²) in [5.41, 5.74) is 4.27. The molecule has 5 nitrogen and oxygen atoms in total. The first-order chi connectivity index (χ1) is 8.49. The number of rotatable bonds is 2. The number of hydrogen-bond acceptors (Lipinski definition) is 3. The fourth-order valence-electron chi connectivity index (χ4n) is 1.44. The summed E-state index contributed by atoms with van der Waals surface area (Å²) in [6.07, 6.45) is 1.59. The van der Waals surface area contributed by atoms with E-state index < -0.39 is 23.1 Å². The Morgan fingerprint density at radius 3 is 2.72 bits per heavy atom. The van der Waals surface area contributed by atoms with Crippen LogP contribution in [0.4, 0.5) is 20.3 Å². The third-order valence-corrected chi connectivity index (χ3v) is 2.30. The predicted molar refractivity (Wildman–Crippen MR) is 61.9 cm³/mol. The van der Waals surface area contributed by atoms with Crippen molar-refractivity contribution in [1.82, 2.24) is 9.78 Å². The molecule has 1 aromatic carbocycles. The third-order valence-electron chi connectivity index (χ3n) is 2.30. The lowest BCUT2D eigenvalue weighted by Crippen LogP contribution is -2.17. The number of nitrogens with zero attached hydrogens (tertiary/aromatic N) is 2. The first kappa shape index (κ1) is 12.0. The minimum Gasteiger partial charge on any atom is -0.396 e. The zero-order chi connectivity index (χ0) is 13.3. The van der Waals surface area contributed by atoms with Gasteiger partial charge in [0.25, 0.3) is 5.91 Å². The molecule has 7 heteroatoms. The van der Waals surface area contributed by atoms with Gasteiger partial charge in [0.1, 0.15) is 11.4 Å². The van der Waals surface area contributed by atoms with Gasteiger partial charge in [-0.05, 0) is 12.1 Å². The van der Waals surface area contributed by atoms with Crippen LogP contribution in [0.2, 0.25) is 0 Å². The Kier molecular flexibility index (Phi) is 2.97. The third kappa shape index (κ3) is 2.15. The summed E-state index contributed by atoms with van der Waals surface area (Å²) in [5, 5.41) is 6.15. The minimum absolute atomic E-state index is 0.198. The average Bonchev–Trinajstić information content (AvgIpc) is 2.70. The van der Waals surface area contributed by atoms with Gasteiger partial charge < -0.3 is 11.1 Å². The van der Waals surface area contributed by atoms with Gasteiger partial charge >= 0.3 is 0 Å². The van der Waals surface area contributed by atoms with Crippen LogP contribution in [0.1, 0.15) is 10.4 Å². The summed E-state index contributed by atoms with van der Waals surface area (Å²) in [7, 11) is 1.65. The van der Waals surface area contributed by atoms with E-state index in [-0.39, 0.29) is 11.5 Å². The number of nitrogens with one attached hydrogen (secondary N) is 1. The van der Waals surface area contributed by atoms with Gasteiger partial charge in [-0.25, -0.2) is 8.78 Å². The van der Waals surface area contributed by atoms with Crippen LogP contribution in [0.15, 0.2) is 24.4 Å². The van der Waals surface area contributed by atoms with E-state index in [0.717, 1.165) is 12.1 Å². The Bertz CT molecular complexity index is 609. The van der Waals surface area contributed by atoms with Gasteiger partial charge in [-0.2, -0.15) is 5.10 Å². The summed E-state index contributed by atoms with van der Waals surface area (Å²) in [4.78, 5) is 11.7. The highest BCUT2D eigenvalue weighted by Crippen LogP contribution is 2.19. The first-order valence-electron chi connectivity index (χ1n) is 5.03. The second-order valence-corrected chi connectivity index (χ2v) is 3.65. The molecule has 2 rings (SSSR count). The molecule has 0 aliphatic carbocycles. The molecule has 94 valence electrons. The molecule has 1 heterocycles. The van der Waals surface area contributed by atoms with Crippen molar-refractivity contribution in [2.45, 2.75) is 0 Å². The number of nitrogens with two attached hydrogens (primary N) is 1. The normalized spacial score (nSPS) is 10.4. The first-order valence-corrected chi connectivity index (χ1v) is 5.03. The zero-order valence-corrected chi connectivity index (χ0v) is 9.45. The van der Waals surface area contributed by atoms with Crippen molar-refractivity contribution in [3.63, 3.8) is 0 Å². The van der Waals surface area contributed by atoms with E-state index in [1.165, 1.54) is 10.7 Å². The smallest absolute Gasteiger partial charge is 0.262 e. The molecule has 2 aromatic rings. The number of aromatic nitrogens is 2. The summed E-state index contributed by atoms with van der Waals surface area (Å²) >= 11 is 0. The molecule has 0 saturated carbocycles. The van der Waals surface area contributed by atoms with E-state index >= 15 is 0 Å². The van der Waals surface area contributed by atoms with Crippen LogP contribution in [0.25, 0.3) is 0 Å². The van der Waals surface area contributed by atoms with Crippen molar-refractivity contribution in [3.8, 4) is 0 Å². The molecule has 0 bridgehead atoms. The summed E-state index contributed by atoms with van der Waals surface area (Å²) in [6.45, 7) is 0. The molecule has 3 N–H and O–H groups in total. The molecule has 18 heavy (non-hydrogen) atoms. The molecule has 0 fully saturated rings. The molecule has 0 aliphatic rings. The largest absolute Gasteiger partial charge is 0.396 e. The van der Waals surface area contributed by atoms with Crippen molar-refractivity contribution in [2.75, 3.05) is 11.1 Å². The number of anilines is 2. The second kappa shape index (κ2) is 4.44. The molecule has 1 amide bonds. The highest BCUT2D eigenvalue weighted by atomic mass is 19.1. The van der Waals surface area contributed by atoms with Crippen LogP contribution in [-0.4, -0.2) is 15.7 Å².